The molecule has 0 aromatic heterocycles. The molecule has 96 valence electrons. The molecule has 5 nitrogen and oxygen atoms in total. The van der Waals surface area contributed by atoms with Gasteiger partial charge >= 0.3 is 0 Å². The standard InChI is InChI=1S/C12H13BrN2O3/c1-12(6-3-7-12)14-11(16)8-4-2-5-9(10(8)13)15(17)18/h2,4-5H,3,6-7H2,1H3,(H,14,16). The summed E-state index contributed by atoms with van der Waals surface area (Å²) in [5.41, 5.74) is 0.0416. The third-order valence-electron chi connectivity index (χ3n) is 3.29. The van der Waals surface area contributed by atoms with E-state index >= 15 is 0 Å². The first-order valence-corrected chi connectivity index (χ1v) is 6.48. The average Bonchev–Trinajstić information content (AvgIpc) is 2.26. The lowest BCUT2D eigenvalue weighted by Crippen LogP contribution is -2.51. The first-order valence-electron chi connectivity index (χ1n) is 5.68. The molecule has 18 heavy (non-hydrogen) atoms. The minimum absolute atomic E-state index is 0.0959. The first-order chi connectivity index (χ1) is 8.43. The lowest BCUT2D eigenvalue weighted by molar-refractivity contribution is -0.385. The Hall–Kier alpha value is -1.43. The molecule has 0 unspecified atom stereocenters. The number of benzene rings is 1. The zero-order chi connectivity index (χ0) is 13.3. The van der Waals surface area contributed by atoms with Crippen LogP contribution in [0.25, 0.3) is 0 Å². The Labute approximate surface area is 113 Å². The van der Waals surface area contributed by atoms with Gasteiger partial charge in [-0.15, -0.1) is 0 Å². The van der Waals surface area contributed by atoms with Gasteiger partial charge in [0.1, 0.15) is 4.47 Å². The summed E-state index contributed by atoms with van der Waals surface area (Å²) in [7, 11) is 0. The third-order valence-corrected chi connectivity index (χ3v) is 4.13. The summed E-state index contributed by atoms with van der Waals surface area (Å²) in [6, 6.07) is 4.46. The molecule has 6 heteroatoms. The van der Waals surface area contributed by atoms with Crippen LogP contribution in [0.15, 0.2) is 22.7 Å². The molecule has 1 amide bonds. The molecule has 1 aromatic carbocycles. The van der Waals surface area contributed by atoms with Crippen molar-refractivity contribution in [2.45, 2.75) is 31.7 Å². The van der Waals surface area contributed by atoms with E-state index in [0.29, 0.717) is 5.56 Å². The molecule has 0 heterocycles. The number of nitro benzene ring substituents is 1. The van der Waals surface area contributed by atoms with Crippen LogP contribution >= 0.6 is 15.9 Å². The van der Waals surface area contributed by atoms with Crippen molar-refractivity contribution in [3.8, 4) is 0 Å². The van der Waals surface area contributed by atoms with Gasteiger partial charge in [0, 0.05) is 11.6 Å². The molecule has 2 rings (SSSR count). The molecule has 1 N–H and O–H groups in total. The summed E-state index contributed by atoms with van der Waals surface area (Å²) in [5.74, 6) is -0.271. The van der Waals surface area contributed by atoms with E-state index in [2.05, 4.69) is 21.2 Å². The van der Waals surface area contributed by atoms with Crippen LogP contribution in [0.2, 0.25) is 0 Å². The summed E-state index contributed by atoms with van der Waals surface area (Å²) in [4.78, 5) is 22.4. The predicted molar refractivity (Wildman–Crippen MR) is 70.5 cm³/mol. The van der Waals surface area contributed by atoms with Crippen molar-refractivity contribution in [2.75, 3.05) is 0 Å². The van der Waals surface area contributed by atoms with Gasteiger partial charge in [-0.25, -0.2) is 0 Å². The van der Waals surface area contributed by atoms with Gasteiger partial charge in [-0.1, -0.05) is 6.07 Å². The van der Waals surface area contributed by atoms with Crippen LogP contribution < -0.4 is 5.32 Å². The van der Waals surface area contributed by atoms with E-state index in [0.717, 1.165) is 19.3 Å². The van der Waals surface area contributed by atoms with Gasteiger partial charge < -0.3 is 5.32 Å². The van der Waals surface area contributed by atoms with Gasteiger partial charge in [0.15, 0.2) is 0 Å². The number of nitrogens with one attached hydrogen (secondary N) is 1. The zero-order valence-corrected chi connectivity index (χ0v) is 11.5. The molecule has 0 bridgehead atoms. The highest BCUT2D eigenvalue weighted by molar-refractivity contribution is 9.10. The van der Waals surface area contributed by atoms with E-state index in [1.54, 1.807) is 6.07 Å². The Morgan fingerprint density at radius 3 is 2.67 bits per heavy atom. The maximum atomic E-state index is 12.1. The van der Waals surface area contributed by atoms with Crippen molar-refractivity contribution >= 4 is 27.5 Å². The number of carbonyl (C=O) groups is 1. The topological polar surface area (TPSA) is 72.2 Å². The van der Waals surface area contributed by atoms with Gasteiger partial charge in [0.05, 0.1) is 10.5 Å². The highest BCUT2D eigenvalue weighted by Crippen LogP contribution is 2.33. The minimum atomic E-state index is -0.508. The molecular weight excluding hydrogens is 300 g/mol. The number of nitrogens with zero attached hydrogens (tertiary/aromatic N) is 1. The molecule has 1 saturated carbocycles. The van der Waals surface area contributed by atoms with Crippen LogP contribution in [-0.4, -0.2) is 16.4 Å². The van der Waals surface area contributed by atoms with Crippen molar-refractivity contribution in [1.82, 2.24) is 5.32 Å². The quantitative estimate of drug-likeness (QED) is 0.688. The average molecular weight is 313 g/mol. The number of amides is 1. The van der Waals surface area contributed by atoms with E-state index in [9.17, 15) is 14.9 Å². The van der Waals surface area contributed by atoms with Crippen molar-refractivity contribution < 1.29 is 9.72 Å². The van der Waals surface area contributed by atoms with Gasteiger partial charge in [-0.05, 0) is 48.2 Å². The fourth-order valence-corrected chi connectivity index (χ4v) is 2.60. The highest BCUT2D eigenvalue weighted by Gasteiger charge is 2.34. The maximum Gasteiger partial charge on any atom is 0.284 e. The summed E-state index contributed by atoms with van der Waals surface area (Å²) < 4.78 is 0.232. The summed E-state index contributed by atoms with van der Waals surface area (Å²) in [6.45, 7) is 1.99. The van der Waals surface area contributed by atoms with Gasteiger partial charge in [0.25, 0.3) is 11.6 Å². The Morgan fingerprint density at radius 1 is 1.50 bits per heavy atom. The second-order valence-electron chi connectivity index (χ2n) is 4.76. The molecule has 1 aromatic rings. The molecule has 1 aliphatic rings. The smallest absolute Gasteiger partial charge is 0.284 e. The minimum Gasteiger partial charge on any atom is -0.347 e. The van der Waals surface area contributed by atoms with E-state index < -0.39 is 4.92 Å². The van der Waals surface area contributed by atoms with E-state index in [1.165, 1.54) is 12.1 Å². The normalized spacial score (nSPS) is 16.8. The summed E-state index contributed by atoms with van der Waals surface area (Å²) in [5, 5.41) is 13.7. The third kappa shape index (κ3) is 2.38. The van der Waals surface area contributed by atoms with Crippen molar-refractivity contribution in [3.63, 3.8) is 0 Å². The summed E-state index contributed by atoms with van der Waals surface area (Å²) >= 11 is 3.13. The second kappa shape index (κ2) is 4.68. The molecule has 0 spiro atoms. The maximum absolute atomic E-state index is 12.1. The second-order valence-corrected chi connectivity index (χ2v) is 5.56. The van der Waals surface area contributed by atoms with Crippen molar-refractivity contribution in [1.29, 1.82) is 0 Å². The lowest BCUT2D eigenvalue weighted by atomic mass is 9.78. The van der Waals surface area contributed by atoms with E-state index in [1.807, 2.05) is 6.92 Å². The molecule has 0 saturated heterocycles. The fraction of sp³-hybridized carbons (Fsp3) is 0.417. The summed E-state index contributed by atoms with van der Waals surface area (Å²) in [6.07, 6.45) is 3.00. The fourth-order valence-electron chi connectivity index (χ4n) is 2.01. The van der Waals surface area contributed by atoms with Gasteiger partial charge in [-0.2, -0.15) is 0 Å². The largest absolute Gasteiger partial charge is 0.347 e. The molecule has 0 radical (unpaired) electrons. The highest BCUT2D eigenvalue weighted by atomic mass is 79.9. The molecular formula is C12H13BrN2O3. The van der Waals surface area contributed by atoms with Crippen molar-refractivity contribution in [2.24, 2.45) is 0 Å². The Kier molecular flexibility index (Phi) is 3.38. The van der Waals surface area contributed by atoms with Crippen LogP contribution in [0.3, 0.4) is 0 Å². The van der Waals surface area contributed by atoms with Crippen molar-refractivity contribution in [3.05, 3.63) is 38.3 Å². The van der Waals surface area contributed by atoms with Crippen LogP contribution in [-0.2, 0) is 0 Å². The molecule has 0 atom stereocenters. The number of rotatable bonds is 3. The van der Waals surface area contributed by atoms with Gasteiger partial charge in [0.2, 0.25) is 0 Å². The molecule has 1 fully saturated rings. The monoisotopic (exact) mass is 312 g/mol. The lowest BCUT2D eigenvalue weighted by Gasteiger charge is -2.39. The number of halogens is 1. The molecule has 1 aliphatic carbocycles. The SMILES string of the molecule is CC1(NC(=O)c2cccc([N+](=O)[O-])c2Br)CCC1. The number of hydrogen-bond donors (Lipinski definition) is 1. The Bertz CT molecular complexity index is 512. The Balaban J connectivity index is 2.25. The number of nitro groups is 1. The number of carbonyl (C=O) groups excluding carboxylic acids is 1. The van der Waals surface area contributed by atoms with E-state index in [-0.39, 0.29) is 21.6 Å². The molecule has 0 aliphatic heterocycles. The van der Waals surface area contributed by atoms with Crippen LogP contribution in [0.5, 0.6) is 0 Å². The van der Waals surface area contributed by atoms with Crippen LogP contribution in [0.4, 0.5) is 5.69 Å². The van der Waals surface area contributed by atoms with E-state index in [4.69, 9.17) is 0 Å². The predicted octanol–water partition coefficient (Wildman–Crippen LogP) is 3.03. The number of hydrogen-bond acceptors (Lipinski definition) is 3. The van der Waals surface area contributed by atoms with Crippen LogP contribution in [0.1, 0.15) is 36.5 Å². The van der Waals surface area contributed by atoms with Crippen LogP contribution in [0, 0.1) is 10.1 Å². The first kappa shape index (κ1) is 13.0. The van der Waals surface area contributed by atoms with Gasteiger partial charge in [-0.3, -0.25) is 14.9 Å². The Morgan fingerprint density at radius 2 is 2.17 bits per heavy atom. The zero-order valence-electron chi connectivity index (χ0n) is 9.90.